The van der Waals surface area contributed by atoms with Crippen molar-refractivity contribution in [2.24, 2.45) is 0 Å². The first-order valence-corrected chi connectivity index (χ1v) is 2.65. The first kappa shape index (κ1) is 6.43. The molecule has 2 nitrogen and oxygen atoms in total. The highest BCUT2D eigenvalue weighted by Gasteiger charge is 2.39. The third-order valence-electron chi connectivity index (χ3n) is 1.27. The van der Waals surface area contributed by atoms with Crippen molar-refractivity contribution >= 4 is 0 Å². The van der Waals surface area contributed by atoms with Gasteiger partial charge in [0.1, 0.15) is 6.04 Å². The lowest BCUT2D eigenvalue weighted by Gasteiger charge is -2.02. The van der Waals surface area contributed by atoms with Crippen LogP contribution in [0.2, 0.25) is 0 Å². The van der Waals surface area contributed by atoms with Gasteiger partial charge in [-0.1, -0.05) is 0 Å². The summed E-state index contributed by atoms with van der Waals surface area (Å²) in [6.07, 6.45) is -0.344. The topological polar surface area (TPSA) is 35.8 Å². The number of nitriles is 1. The molecule has 1 rings (SSSR count). The molecule has 0 saturated carbocycles. The molecule has 50 valence electrons. The van der Waals surface area contributed by atoms with E-state index in [1.165, 1.54) is 0 Å². The minimum absolute atomic E-state index is 0.344. The van der Waals surface area contributed by atoms with Crippen LogP contribution >= 0.6 is 0 Å². The van der Waals surface area contributed by atoms with E-state index in [1.54, 1.807) is 6.07 Å². The molecule has 1 N–H and O–H groups in total. The Morgan fingerprint density at radius 1 is 1.67 bits per heavy atom. The SMILES string of the molecule is N#C[C@@H]1CC(F)(F)CN1. The van der Waals surface area contributed by atoms with E-state index in [9.17, 15) is 8.78 Å². The Labute approximate surface area is 51.5 Å². The fourth-order valence-electron chi connectivity index (χ4n) is 0.807. The predicted octanol–water partition coefficient (Wildman–Crippen LogP) is 0.507. The average molecular weight is 132 g/mol. The lowest BCUT2D eigenvalue weighted by Crippen LogP contribution is -2.21. The van der Waals surface area contributed by atoms with E-state index in [0.29, 0.717) is 0 Å². The van der Waals surface area contributed by atoms with E-state index in [0.717, 1.165) is 0 Å². The first-order chi connectivity index (χ1) is 4.14. The van der Waals surface area contributed by atoms with E-state index in [2.05, 4.69) is 5.32 Å². The van der Waals surface area contributed by atoms with Gasteiger partial charge in [-0.2, -0.15) is 5.26 Å². The minimum atomic E-state index is -2.67. The Balaban J connectivity index is 2.50. The van der Waals surface area contributed by atoms with Gasteiger partial charge in [-0.25, -0.2) is 8.78 Å². The Bertz CT molecular complexity index is 150. The van der Waals surface area contributed by atoms with Crippen LogP contribution < -0.4 is 5.32 Å². The fourth-order valence-corrected chi connectivity index (χ4v) is 0.807. The maximum atomic E-state index is 12.2. The van der Waals surface area contributed by atoms with Gasteiger partial charge < -0.3 is 0 Å². The molecule has 1 saturated heterocycles. The van der Waals surface area contributed by atoms with Crippen LogP contribution in [0.4, 0.5) is 8.78 Å². The van der Waals surface area contributed by atoms with Crippen molar-refractivity contribution in [3.63, 3.8) is 0 Å². The molecule has 1 aliphatic heterocycles. The number of nitrogens with zero attached hydrogens (tertiary/aromatic N) is 1. The lowest BCUT2D eigenvalue weighted by molar-refractivity contribution is 0.0224. The summed E-state index contributed by atoms with van der Waals surface area (Å²) in [5, 5.41) is 10.5. The molecule has 0 radical (unpaired) electrons. The van der Waals surface area contributed by atoms with Crippen LogP contribution in [-0.2, 0) is 0 Å². The fraction of sp³-hybridized carbons (Fsp3) is 0.800. The summed E-state index contributed by atoms with van der Waals surface area (Å²) in [4.78, 5) is 0. The Hall–Kier alpha value is -0.690. The molecule has 1 atom stereocenters. The van der Waals surface area contributed by atoms with Crippen molar-refractivity contribution in [2.75, 3.05) is 6.54 Å². The van der Waals surface area contributed by atoms with Crippen LogP contribution in [0.5, 0.6) is 0 Å². The molecule has 0 aromatic carbocycles. The molecule has 9 heavy (non-hydrogen) atoms. The minimum Gasteiger partial charge on any atom is -0.296 e. The van der Waals surface area contributed by atoms with Crippen LogP contribution in [-0.4, -0.2) is 18.5 Å². The van der Waals surface area contributed by atoms with E-state index >= 15 is 0 Å². The zero-order valence-electron chi connectivity index (χ0n) is 4.69. The highest BCUT2D eigenvalue weighted by Crippen LogP contribution is 2.24. The van der Waals surface area contributed by atoms with Gasteiger partial charge in [-0.3, -0.25) is 5.32 Å². The number of halogens is 2. The second-order valence-corrected chi connectivity index (χ2v) is 2.12. The molecule has 1 aliphatic rings. The van der Waals surface area contributed by atoms with E-state index < -0.39 is 12.0 Å². The Morgan fingerprint density at radius 2 is 2.33 bits per heavy atom. The highest BCUT2D eigenvalue weighted by atomic mass is 19.3. The standard InChI is InChI=1S/C5H6F2N2/c6-5(7)1-4(2-8)9-3-5/h4,9H,1,3H2/t4-/m0/s1. The van der Waals surface area contributed by atoms with Crippen molar-refractivity contribution in [1.29, 1.82) is 5.26 Å². The van der Waals surface area contributed by atoms with Crippen molar-refractivity contribution in [2.45, 2.75) is 18.4 Å². The molecule has 0 aromatic rings. The molecule has 1 fully saturated rings. The quantitative estimate of drug-likeness (QED) is 0.521. The van der Waals surface area contributed by atoms with Gasteiger partial charge in [0.2, 0.25) is 0 Å². The van der Waals surface area contributed by atoms with Crippen LogP contribution in [0.25, 0.3) is 0 Å². The zero-order valence-corrected chi connectivity index (χ0v) is 4.69. The summed E-state index contributed by atoms with van der Waals surface area (Å²) in [6.45, 7) is -0.356. The predicted molar refractivity (Wildman–Crippen MR) is 27.0 cm³/mol. The van der Waals surface area contributed by atoms with E-state index in [4.69, 9.17) is 5.26 Å². The van der Waals surface area contributed by atoms with E-state index in [1.807, 2.05) is 0 Å². The van der Waals surface area contributed by atoms with Crippen molar-refractivity contribution in [3.8, 4) is 6.07 Å². The molecule has 0 aliphatic carbocycles. The summed E-state index contributed by atoms with van der Waals surface area (Å²) >= 11 is 0. The van der Waals surface area contributed by atoms with Crippen LogP contribution in [0.3, 0.4) is 0 Å². The molecule has 1 heterocycles. The van der Waals surface area contributed by atoms with Gasteiger partial charge in [0.25, 0.3) is 5.92 Å². The molecule has 0 spiro atoms. The Kier molecular flexibility index (Phi) is 1.37. The number of alkyl halides is 2. The molecule has 0 unspecified atom stereocenters. The zero-order chi connectivity index (χ0) is 6.91. The van der Waals surface area contributed by atoms with Gasteiger partial charge >= 0.3 is 0 Å². The largest absolute Gasteiger partial charge is 0.296 e. The summed E-state index contributed by atoms with van der Waals surface area (Å²) in [5.41, 5.74) is 0. The molecular formula is C5H6F2N2. The van der Waals surface area contributed by atoms with Crippen LogP contribution in [0.1, 0.15) is 6.42 Å². The maximum Gasteiger partial charge on any atom is 0.262 e. The third-order valence-corrected chi connectivity index (χ3v) is 1.27. The maximum absolute atomic E-state index is 12.2. The summed E-state index contributed by atoms with van der Waals surface area (Å²) in [7, 11) is 0. The third kappa shape index (κ3) is 1.36. The van der Waals surface area contributed by atoms with Gasteiger partial charge in [-0.15, -0.1) is 0 Å². The van der Waals surface area contributed by atoms with Gasteiger partial charge in [0, 0.05) is 6.42 Å². The number of nitrogens with one attached hydrogen (secondary N) is 1. The molecule has 0 aromatic heterocycles. The molecular weight excluding hydrogens is 126 g/mol. The lowest BCUT2D eigenvalue weighted by atomic mass is 10.2. The van der Waals surface area contributed by atoms with Crippen LogP contribution in [0.15, 0.2) is 0 Å². The van der Waals surface area contributed by atoms with Crippen molar-refractivity contribution in [1.82, 2.24) is 5.32 Å². The number of hydrogen-bond acceptors (Lipinski definition) is 2. The second kappa shape index (κ2) is 1.92. The van der Waals surface area contributed by atoms with Crippen molar-refractivity contribution in [3.05, 3.63) is 0 Å². The smallest absolute Gasteiger partial charge is 0.262 e. The summed E-state index contributed by atoms with van der Waals surface area (Å²) in [6, 6.07) is 1.08. The number of rotatable bonds is 0. The Morgan fingerprint density at radius 3 is 2.56 bits per heavy atom. The van der Waals surface area contributed by atoms with Gasteiger partial charge in [0.05, 0.1) is 12.6 Å². The number of hydrogen-bond donors (Lipinski definition) is 1. The van der Waals surface area contributed by atoms with Crippen molar-refractivity contribution < 1.29 is 8.78 Å². The molecule has 0 amide bonds. The first-order valence-electron chi connectivity index (χ1n) is 2.65. The second-order valence-electron chi connectivity index (χ2n) is 2.12. The summed E-state index contributed by atoms with van der Waals surface area (Å²) in [5.74, 6) is -2.67. The molecule has 0 bridgehead atoms. The average Bonchev–Trinajstić information content (AvgIpc) is 2.10. The van der Waals surface area contributed by atoms with Crippen LogP contribution in [0, 0.1) is 11.3 Å². The van der Waals surface area contributed by atoms with Gasteiger partial charge in [-0.05, 0) is 0 Å². The highest BCUT2D eigenvalue weighted by molar-refractivity contribution is 4.99. The summed E-state index contributed by atoms with van der Waals surface area (Å²) < 4.78 is 24.3. The normalized spacial score (nSPS) is 31.9. The van der Waals surface area contributed by atoms with E-state index in [-0.39, 0.29) is 13.0 Å². The monoisotopic (exact) mass is 132 g/mol. The van der Waals surface area contributed by atoms with Gasteiger partial charge in [0.15, 0.2) is 0 Å². The molecule has 4 heteroatoms.